The molecule has 4 rings (SSSR count). The van der Waals surface area contributed by atoms with Crippen LogP contribution in [0, 0.1) is 5.41 Å². The fraction of sp³-hybridized carbons (Fsp3) is 0.542. The Morgan fingerprint density at radius 1 is 1.03 bits per heavy atom. The zero-order valence-electron chi connectivity index (χ0n) is 18.5. The number of hydrogen-bond acceptors (Lipinski definition) is 5. The Bertz CT molecular complexity index is 953. The van der Waals surface area contributed by atoms with Gasteiger partial charge in [-0.2, -0.15) is 4.31 Å². The smallest absolute Gasteiger partial charge is 0.243 e. The number of sulfonamides is 1. The van der Waals surface area contributed by atoms with Gasteiger partial charge in [-0.05, 0) is 54.2 Å². The standard InChI is InChI=1S/C24H33N3O3S/c1-20(2)22-3-5-23(6-4-22)31(28,29)27-13-9-24(10-14-27)18-26(15-16-30-19-24)17-21-7-11-25-12-8-21/h3-8,11-12,20H,9-10,13-19H2,1-2H3. The van der Waals surface area contributed by atoms with Crippen molar-refractivity contribution in [3.8, 4) is 0 Å². The highest BCUT2D eigenvalue weighted by Gasteiger charge is 2.41. The first kappa shape index (κ1) is 22.4. The lowest BCUT2D eigenvalue weighted by Gasteiger charge is -2.42. The van der Waals surface area contributed by atoms with E-state index in [1.807, 2.05) is 24.5 Å². The molecule has 0 saturated carbocycles. The van der Waals surface area contributed by atoms with Crippen molar-refractivity contribution in [3.63, 3.8) is 0 Å². The summed E-state index contributed by atoms with van der Waals surface area (Å²) in [5.74, 6) is 0.386. The van der Waals surface area contributed by atoms with E-state index in [0.717, 1.165) is 44.6 Å². The molecule has 0 amide bonds. The molecule has 2 saturated heterocycles. The summed E-state index contributed by atoms with van der Waals surface area (Å²) in [6.07, 6.45) is 5.30. The Labute approximate surface area is 186 Å². The molecule has 0 atom stereocenters. The van der Waals surface area contributed by atoms with Crippen LogP contribution in [0.3, 0.4) is 0 Å². The molecule has 0 unspecified atom stereocenters. The van der Waals surface area contributed by atoms with E-state index in [0.29, 0.717) is 30.5 Å². The molecule has 31 heavy (non-hydrogen) atoms. The van der Waals surface area contributed by atoms with Crippen LogP contribution in [0.5, 0.6) is 0 Å². The normalized spacial score (nSPS) is 20.7. The van der Waals surface area contributed by atoms with Gasteiger partial charge in [0.05, 0.1) is 18.1 Å². The van der Waals surface area contributed by atoms with Gasteiger partial charge in [-0.25, -0.2) is 8.42 Å². The second-order valence-corrected chi connectivity index (χ2v) is 11.2. The van der Waals surface area contributed by atoms with Crippen LogP contribution in [0.1, 0.15) is 43.7 Å². The monoisotopic (exact) mass is 443 g/mol. The molecule has 2 fully saturated rings. The Kier molecular flexibility index (Phi) is 6.77. The average molecular weight is 444 g/mol. The maximum Gasteiger partial charge on any atom is 0.243 e. The molecule has 1 aromatic carbocycles. The van der Waals surface area contributed by atoms with E-state index in [2.05, 4.69) is 35.9 Å². The van der Waals surface area contributed by atoms with Crippen LogP contribution in [0.15, 0.2) is 53.7 Å². The molecule has 6 nitrogen and oxygen atoms in total. The number of rotatable bonds is 5. The summed E-state index contributed by atoms with van der Waals surface area (Å²) < 4.78 is 34.0. The van der Waals surface area contributed by atoms with Crippen LogP contribution in [0.4, 0.5) is 0 Å². The zero-order chi connectivity index (χ0) is 21.9. The molecular weight excluding hydrogens is 410 g/mol. The van der Waals surface area contributed by atoms with Gasteiger partial charge in [-0.3, -0.25) is 9.88 Å². The summed E-state index contributed by atoms with van der Waals surface area (Å²) in [5.41, 5.74) is 2.41. The molecule has 7 heteroatoms. The van der Waals surface area contributed by atoms with Crippen molar-refractivity contribution >= 4 is 10.0 Å². The van der Waals surface area contributed by atoms with E-state index in [1.54, 1.807) is 16.4 Å². The number of aromatic nitrogens is 1. The van der Waals surface area contributed by atoms with Crippen LogP contribution in [0.2, 0.25) is 0 Å². The zero-order valence-corrected chi connectivity index (χ0v) is 19.4. The SMILES string of the molecule is CC(C)c1ccc(S(=O)(=O)N2CCC3(CC2)COCCN(Cc2ccncc2)C3)cc1. The summed E-state index contributed by atoms with van der Waals surface area (Å²) >= 11 is 0. The van der Waals surface area contributed by atoms with E-state index in [1.165, 1.54) is 5.56 Å². The molecule has 1 spiro atoms. The predicted molar refractivity (Wildman–Crippen MR) is 121 cm³/mol. The number of hydrogen-bond donors (Lipinski definition) is 0. The molecular formula is C24H33N3O3S. The van der Waals surface area contributed by atoms with Gasteiger partial charge in [-0.1, -0.05) is 26.0 Å². The van der Waals surface area contributed by atoms with Crippen LogP contribution in [-0.2, 0) is 21.3 Å². The third kappa shape index (κ3) is 5.17. The minimum atomic E-state index is -3.46. The second kappa shape index (κ2) is 9.36. The van der Waals surface area contributed by atoms with Gasteiger partial charge in [0, 0.05) is 50.5 Å². The minimum Gasteiger partial charge on any atom is -0.379 e. The Hall–Kier alpha value is -1.80. The Morgan fingerprint density at radius 2 is 1.71 bits per heavy atom. The molecule has 2 aliphatic heterocycles. The second-order valence-electron chi connectivity index (χ2n) is 9.25. The van der Waals surface area contributed by atoms with Crippen molar-refractivity contribution < 1.29 is 13.2 Å². The number of ether oxygens (including phenoxy) is 1. The molecule has 1 aromatic heterocycles. The summed E-state index contributed by atoms with van der Waals surface area (Å²) in [7, 11) is -3.46. The summed E-state index contributed by atoms with van der Waals surface area (Å²) in [4.78, 5) is 6.94. The van der Waals surface area contributed by atoms with Crippen molar-refractivity contribution in [2.75, 3.05) is 39.4 Å². The summed E-state index contributed by atoms with van der Waals surface area (Å²) in [6, 6.07) is 11.5. The molecule has 0 N–H and O–H groups in total. The van der Waals surface area contributed by atoms with Gasteiger partial charge in [-0.15, -0.1) is 0 Å². The van der Waals surface area contributed by atoms with Gasteiger partial charge < -0.3 is 4.74 Å². The van der Waals surface area contributed by atoms with Crippen molar-refractivity contribution in [1.82, 2.24) is 14.2 Å². The van der Waals surface area contributed by atoms with E-state index in [9.17, 15) is 8.42 Å². The van der Waals surface area contributed by atoms with Crippen molar-refractivity contribution in [2.45, 2.75) is 44.0 Å². The lowest BCUT2D eigenvalue weighted by atomic mass is 9.79. The number of pyridine rings is 1. The Morgan fingerprint density at radius 3 is 2.35 bits per heavy atom. The highest BCUT2D eigenvalue weighted by atomic mass is 32.2. The Balaban J connectivity index is 1.42. The van der Waals surface area contributed by atoms with Gasteiger partial charge in [0.15, 0.2) is 0 Å². The van der Waals surface area contributed by atoms with E-state index in [-0.39, 0.29) is 5.41 Å². The molecule has 168 valence electrons. The van der Waals surface area contributed by atoms with E-state index >= 15 is 0 Å². The van der Waals surface area contributed by atoms with Crippen molar-refractivity contribution in [2.24, 2.45) is 5.41 Å². The average Bonchev–Trinajstić information content (AvgIpc) is 2.96. The highest BCUT2D eigenvalue weighted by molar-refractivity contribution is 7.89. The van der Waals surface area contributed by atoms with Crippen molar-refractivity contribution in [1.29, 1.82) is 0 Å². The topological polar surface area (TPSA) is 62.7 Å². The number of benzene rings is 1. The summed E-state index contributed by atoms with van der Waals surface area (Å²) in [5, 5.41) is 0. The van der Waals surface area contributed by atoms with Gasteiger partial charge in [0.25, 0.3) is 0 Å². The number of nitrogens with zero attached hydrogens (tertiary/aromatic N) is 3. The predicted octanol–water partition coefficient (Wildman–Crippen LogP) is 3.51. The first-order valence-corrected chi connectivity index (χ1v) is 12.6. The number of piperidine rings is 1. The third-order valence-corrected chi connectivity index (χ3v) is 8.56. The fourth-order valence-corrected chi connectivity index (χ4v) is 6.08. The maximum atomic E-state index is 13.2. The summed E-state index contributed by atoms with van der Waals surface area (Å²) in [6.45, 7) is 9.44. The molecule has 2 aromatic rings. The maximum absolute atomic E-state index is 13.2. The lowest BCUT2D eigenvalue weighted by molar-refractivity contribution is 0.0307. The highest BCUT2D eigenvalue weighted by Crippen LogP contribution is 2.36. The fourth-order valence-electron chi connectivity index (χ4n) is 4.64. The van der Waals surface area contributed by atoms with Gasteiger partial charge >= 0.3 is 0 Å². The largest absolute Gasteiger partial charge is 0.379 e. The van der Waals surface area contributed by atoms with Crippen LogP contribution < -0.4 is 0 Å². The first-order chi connectivity index (χ1) is 14.9. The quantitative estimate of drug-likeness (QED) is 0.708. The molecule has 0 bridgehead atoms. The van der Waals surface area contributed by atoms with E-state index in [4.69, 9.17) is 4.74 Å². The molecule has 2 aliphatic rings. The van der Waals surface area contributed by atoms with Gasteiger partial charge in [0.1, 0.15) is 0 Å². The van der Waals surface area contributed by atoms with Crippen LogP contribution in [0.25, 0.3) is 0 Å². The molecule has 0 radical (unpaired) electrons. The lowest BCUT2D eigenvalue weighted by Crippen LogP contribution is -2.48. The van der Waals surface area contributed by atoms with Crippen LogP contribution >= 0.6 is 0 Å². The van der Waals surface area contributed by atoms with Gasteiger partial charge in [0.2, 0.25) is 10.0 Å². The first-order valence-electron chi connectivity index (χ1n) is 11.2. The minimum absolute atomic E-state index is 0.0110. The third-order valence-electron chi connectivity index (χ3n) is 6.64. The van der Waals surface area contributed by atoms with Crippen LogP contribution in [-0.4, -0.2) is 62.0 Å². The van der Waals surface area contributed by atoms with Crippen molar-refractivity contribution in [3.05, 3.63) is 59.9 Å². The molecule has 3 heterocycles. The van der Waals surface area contributed by atoms with E-state index < -0.39 is 10.0 Å². The molecule has 0 aliphatic carbocycles.